The molecule has 0 bridgehead atoms. The minimum atomic E-state index is -0.677. The van der Waals surface area contributed by atoms with Gasteiger partial charge in [-0.3, -0.25) is 19.0 Å². The maximum absolute atomic E-state index is 13.3. The van der Waals surface area contributed by atoms with Crippen LogP contribution in [0.15, 0.2) is 59.4 Å². The molecule has 4 rings (SSSR count). The highest BCUT2D eigenvalue weighted by molar-refractivity contribution is 8.77. The van der Waals surface area contributed by atoms with Crippen molar-refractivity contribution >= 4 is 44.3 Å². The first-order valence-electron chi connectivity index (χ1n) is 11.8. The fraction of sp³-hybridized carbons (Fsp3) is 0.346. The zero-order chi connectivity index (χ0) is 24.6. The van der Waals surface area contributed by atoms with Crippen molar-refractivity contribution in [1.82, 2.24) is 15.2 Å². The van der Waals surface area contributed by atoms with Crippen LogP contribution in [-0.2, 0) is 4.79 Å². The summed E-state index contributed by atoms with van der Waals surface area (Å²) in [6, 6.07) is 15.9. The number of aromatic nitrogens is 1. The van der Waals surface area contributed by atoms with Gasteiger partial charge in [0.1, 0.15) is 11.3 Å². The highest BCUT2D eigenvalue weighted by atomic mass is 33.1. The van der Waals surface area contributed by atoms with E-state index < -0.39 is 11.5 Å². The Morgan fingerprint density at radius 3 is 2.51 bits per heavy atom. The third-order valence-electron chi connectivity index (χ3n) is 5.94. The van der Waals surface area contributed by atoms with E-state index in [2.05, 4.69) is 10.6 Å². The topological polar surface area (TPSA) is 100 Å². The number of benzene rings is 2. The Balaban J connectivity index is 1.36. The molecule has 2 aromatic carbocycles. The van der Waals surface area contributed by atoms with Gasteiger partial charge in [0.25, 0.3) is 11.5 Å². The molecule has 0 aliphatic carbocycles. The van der Waals surface area contributed by atoms with Gasteiger partial charge in [-0.25, -0.2) is 0 Å². The van der Waals surface area contributed by atoms with Crippen LogP contribution in [-0.4, -0.2) is 45.6 Å². The van der Waals surface area contributed by atoms with Crippen molar-refractivity contribution in [2.75, 3.05) is 18.8 Å². The van der Waals surface area contributed by atoms with Crippen LogP contribution in [0.4, 0.5) is 0 Å². The average Bonchev–Trinajstić information content (AvgIpc) is 3.39. The summed E-state index contributed by atoms with van der Waals surface area (Å²) in [5, 5.41) is 17.4. The predicted molar refractivity (Wildman–Crippen MR) is 143 cm³/mol. The number of fused-ring (bicyclic) bond motifs is 1. The molecule has 1 fully saturated rings. The van der Waals surface area contributed by atoms with Gasteiger partial charge < -0.3 is 15.7 Å². The van der Waals surface area contributed by atoms with Crippen molar-refractivity contribution in [3.05, 3.63) is 70.5 Å². The SMILES string of the molecule is O=C(CCCCC1CCSS1)NCCNC(=O)c1c(O)c2ccccc2n(-c2ccccc2)c1=O. The number of amides is 2. The van der Waals surface area contributed by atoms with Crippen LogP contribution >= 0.6 is 21.6 Å². The first kappa shape index (κ1) is 25.2. The number of unbranched alkanes of at least 4 members (excludes halogenated alkanes) is 1. The fourth-order valence-electron chi connectivity index (χ4n) is 4.14. The third kappa shape index (κ3) is 6.21. The van der Waals surface area contributed by atoms with Crippen molar-refractivity contribution in [3.63, 3.8) is 0 Å². The normalized spacial score (nSPS) is 15.3. The lowest BCUT2D eigenvalue weighted by molar-refractivity contribution is -0.121. The number of rotatable bonds is 10. The lowest BCUT2D eigenvalue weighted by atomic mass is 10.1. The molecule has 1 atom stereocenters. The fourth-order valence-corrected chi connectivity index (χ4v) is 7.17. The number of aromatic hydroxyl groups is 1. The quantitative estimate of drug-likeness (QED) is 0.278. The molecule has 2 amide bonds. The van der Waals surface area contributed by atoms with E-state index in [9.17, 15) is 19.5 Å². The van der Waals surface area contributed by atoms with Crippen LogP contribution in [0, 0.1) is 0 Å². The molecule has 9 heteroatoms. The smallest absolute Gasteiger partial charge is 0.272 e. The number of hydrogen-bond acceptors (Lipinski definition) is 6. The van der Waals surface area contributed by atoms with E-state index in [-0.39, 0.29) is 30.3 Å². The van der Waals surface area contributed by atoms with Crippen LogP contribution < -0.4 is 16.2 Å². The van der Waals surface area contributed by atoms with Gasteiger partial charge in [0, 0.05) is 41.6 Å². The number of nitrogens with zero attached hydrogens (tertiary/aromatic N) is 1. The molecule has 1 aliphatic heterocycles. The second kappa shape index (κ2) is 12.2. The molecule has 1 aliphatic rings. The second-order valence-electron chi connectivity index (χ2n) is 8.40. The number of hydrogen-bond donors (Lipinski definition) is 3. The van der Waals surface area contributed by atoms with Crippen molar-refractivity contribution in [3.8, 4) is 11.4 Å². The van der Waals surface area contributed by atoms with Gasteiger partial charge in [0.05, 0.1) is 5.52 Å². The Kier molecular flexibility index (Phi) is 8.76. The maximum atomic E-state index is 13.3. The molecule has 0 spiro atoms. The zero-order valence-electron chi connectivity index (χ0n) is 19.4. The summed E-state index contributed by atoms with van der Waals surface area (Å²) in [6.45, 7) is 0.401. The average molecular weight is 512 g/mol. The molecule has 184 valence electrons. The number of para-hydroxylation sites is 2. The third-order valence-corrected chi connectivity index (χ3v) is 8.94. The number of pyridine rings is 1. The minimum absolute atomic E-state index is 0.0484. The van der Waals surface area contributed by atoms with E-state index in [1.54, 1.807) is 48.5 Å². The summed E-state index contributed by atoms with van der Waals surface area (Å²) >= 11 is 0. The summed E-state index contributed by atoms with van der Waals surface area (Å²) in [7, 11) is 3.88. The second-order valence-corrected chi connectivity index (χ2v) is 11.2. The Bertz CT molecular complexity index is 1240. The van der Waals surface area contributed by atoms with Gasteiger partial charge in [-0.05, 0) is 43.5 Å². The first-order valence-corrected chi connectivity index (χ1v) is 14.2. The molecule has 1 saturated heterocycles. The van der Waals surface area contributed by atoms with E-state index in [1.807, 2.05) is 27.7 Å². The van der Waals surface area contributed by atoms with E-state index in [0.29, 0.717) is 23.0 Å². The van der Waals surface area contributed by atoms with Gasteiger partial charge in [-0.15, -0.1) is 0 Å². The standard InChI is InChI=1S/C26H29N3O4S2/c30-22(13-7-4-10-19-14-17-34-35-19)27-15-16-28-25(32)23-24(31)20-11-5-6-12-21(20)29(26(23)33)18-8-2-1-3-9-18/h1-3,5-6,8-9,11-12,19,31H,4,7,10,13-17H2,(H,27,30)(H,28,32). The molecule has 0 radical (unpaired) electrons. The highest BCUT2D eigenvalue weighted by Gasteiger charge is 2.22. The van der Waals surface area contributed by atoms with Gasteiger partial charge in [0.2, 0.25) is 5.91 Å². The molecule has 0 saturated carbocycles. The van der Waals surface area contributed by atoms with Gasteiger partial charge in [0.15, 0.2) is 0 Å². The minimum Gasteiger partial charge on any atom is -0.506 e. The van der Waals surface area contributed by atoms with Crippen LogP contribution in [0.2, 0.25) is 0 Å². The van der Waals surface area contributed by atoms with E-state index >= 15 is 0 Å². The maximum Gasteiger partial charge on any atom is 0.272 e. The molecule has 3 aromatic rings. The summed E-state index contributed by atoms with van der Waals surface area (Å²) < 4.78 is 1.43. The van der Waals surface area contributed by atoms with Crippen LogP contribution in [0.1, 0.15) is 42.5 Å². The van der Waals surface area contributed by atoms with Crippen molar-refractivity contribution < 1.29 is 14.7 Å². The number of nitrogens with one attached hydrogen (secondary N) is 2. The molecular formula is C26H29N3O4S2. The Morgan fingerprint density at radius 2 is 1.74 bits per heavy atom. The summed E-state index contributed by atoms with van der Waals surface area (Å²) in [4.78, 5) is 38.3. The Hall–Kier alpha value is -2.91. The van der Waals surface area contributed by atoms with Crippen LogP contribution in [0.5, 0.6) is 5.75 Å². The predicted octanol–water partition coefficient (Wildman–Crippen LogP) is 4.26. The molecule has 2 heterocycles. The first-order chi connectivity index (χ1) is 17.1. The van der Waals surface area contributed by atoms with Gasteiger partial charge in [-0.2, -0.15) is 0 Å². The summed E-state index contributed by atoms with van der Waals surface area (Å²) in [5.74, 6) is 0.147. The van der Waals surface area contributed by atoms with E-state index in [1.165, 1.54) is 16.7 Å². The molecule has 1 aromatic heterocycles. The molecule has 1 unspecified atom stereocenters. The molecule has 35 heavy (non-hydrogen) atoms. The van der Waals surface area contributed by atoms with E-state index in [4.69, 9.17) is 0 Å². The zero-order valence-corrected chi connectivity index (χ0v) is 21.0. The van der Waals surface area contributed by atoms with Crippen molar-refractivity contribution in [2.45, 2.75) is 37.4 Å². The molecule has 3 N–H and O–H groups in total. The molecule has 7 nitrogen and oxygen atoms in total. The number of carbonyl (C=O) groups excluding carboxylic acids is 2. The lowest BCUT2D eigenvalue weighted by Gasteiger charge is -2.15. The van der Waals surface area contributed by atoms with Crippen LogP contribution in [0.3, 0.4) is 0 Å². The Morgan fingerprint density at radius 1 is 1.00 bits per heavy atom. The highest BCUT2D eigenvalue weighted by Crippen LogP contribution is 2.39. The van der Waals surface area contributed by atoms with Crippen molar-refractivity contribution in [2.24, 2.45) is 0 Å². The number of carbonyl (C=O) groups is 2. The van der Waals surface area contributed by atoms with E-state index in [0.717, 1.165) is 24.5 Å². The lowest BCUT2D eigenvalue weighted by Crippen LogP contribution is -2.37. The Labute approximate surface area is 212 Å². The summed E-state index contributed by atoms with van der Waals surface area (Å²) in [5.41, 5.74) is 0.185. The van der Waals surface area contributed by atoms with Gasteiger partial charge >= 0.3 is 0 Å². The monoisotopic (exact) mass is 511 g/mol. The molecular weight excluding hydrogens is 482 g/mol. The van der Waals surface area contributed by atoms with Crippen LogP contribution in [0.25, 0.3) is 16.6 Å². The van der Waals surface area contributed by atoms with Gasteiger partial charge in [-0.1, -0.05) is 58.3 Å². The largest absolute Gasteiger partial charge is 0.506 e. The van der Waals surface area contributed by atoms with Crippen molar-refractivity contribution in [1.29, 1.82) is 0 Å². The summed E-state index contributed by atoms with van der Waals surface area (Å²) in [6.07, 6.45) is 4.76.